The van der Waals surface area contributed by atoms with Gasteiger partial charge in [0, 0.05) is 31.2 Å². The standard InChI is InChI=1S/C26H21N5O3/c1-17-16-23(32)31(19-6-4-3-5-7-19)29-24(17)26(33)28-18-8-10-20(11-9-18)34-22-12-14-27-25-21(22)13-15-30(25)2/h3-16H,1-2H3,(H,28,33). The summed E-state index contributed by atoms with van der Waals surface area (Å²) in [5.41, 5.74) is 2.38. The van der Waals surface area contributed by atoms with Crippen LogP contribution in [0.5, 0.6) is 11.5 Å². The maximum Gasteiger partial charge on any atom is 0.276 e. The van der Waals surface area contributed by atoms with Crippen LogP contribution in [-0.2, 0) is 7.05 Å². The van der Waals surface area contributed by atoms with Crippen molar-refractivity contribution in [3.8, 4) is 17.2 Å². The first kappa shape index (κ1) is 21.1. The van der Waals surface area contributed by atoms with Crippen molar-refractivity contribution < 1.29 is 9.53 Å². The van der Waals surface area contributed by atoms with Crippen LogP contribution in [0.15, 0.2) is 90.0 Å². The number of carbonyl (C=O) groups is 1. The Morgan fingerprint density at radius 3 is 2.53 bits per heavy atom. The predicted octanol–water partition coefficient (Wildman–Crippen LogP) is 4.47. The molecule has 0 radical (unpaired) electrons. The average Bonchev–Trinajstić information content (AvgIpc) is 3.22. The molecule has 0 aliphatic carbocycles. The van der Waals surface area contributed by atoms with Crippen molar-refractivity contribution >= 4 is 22.6 Å². The third-order valence-corrected chi connectivity index (χ3v) is 5.41. The smallest absolute Gasteiger partial charge is 0.276 e. The molecule has 0 unspecified atom stereocenters. The molecule has 3 aromatic heterocycles. The summed E-state index contributed by atoms with van der Waals surface area (Å²) in [4.78, 5) is 29.7. The van der Waals surface area contributed by atoms with Gasteiger partial charge in [0.15, 0.2) is 5.69 Å². The van der Waals surface area contributed by atoms with Crippen LogP contribution in [-0.4, -0.2) is 25.2 Å². The Morgan fingerprint density at radius 1 is 1.00 bits per heavy atom. The molecule has 1 N–H and O–H groups in total. The minimum atomic E-state index is -0.407. The number of hydrogen-bond acceptors (Lipinski definition) is 5. The van der Waals surface area contributed by atoms with E-state index < -0.39 is 5.91 Å². The zero-order chi connectivity index (χ0) is 23.7. The van der Waals surface area contributed by atoms with Gasteiger partial charge in [-0.05, 0) is 61.0 Å². The number of aromatic nitrogens is 4. The number of pyridine rings is 1. The maximum atomic E-state index is 12.9. The van der Waals surface area contributed by atoms with Crippen molar-refractivity contribution in [2.24, 2.45) is 7.05 Å². The summed E-state index contributed by atoms with van der Waals surface area (Å²) in [7, 11) is 1.93. The van der Waals surface area contributed by atoms with E-state index in [4.69, 9.17) is 4.74 Å². The minimum absolute atomic E-state index is 0.173. The molecular weight excluding hydrogens is 430 g/mol. The molecule has 3 heterocycles. The number of fused-ring (bicyclic) bond motifs is 1. The summed E-state index contributed by atoms with van der Waals surface area (Å²) in [5.74, 6) is 0.919. The van der Waals surface area contributed by atoms with Gasteiger partial charge in [0.25, 0.3) is 11.5 Å². The van der Waals surface area contributed by atoms with E-state index in [0.29, 0.717) is 28.4 Å². The third kappa shape index (κ3) is 4.04. The van der Waals surface area contributed by atoms with Gasteiger partial charge in [-0.1, -0.05) is 18.2 Å². The summed E-state index contributed by atoms with van der Waals surface area (Å²) >= 11 is 0. The summed E-state index contributed by atoms with van der Waals surface area (Å²) in [6, 6.07) is 21.2. The highest BCUT2D eigenvalue weighted by Gasteiger charge is 2.15. The van der Waals surface area contributed by atoms with E-state index in [1.165, 1.54) is 10.7 Å². The van der Waals surface area contributed by atoms with E-state index in [1.54, 1.807) is 61.7 Å². The van der Waals surface area contributed by atoms with Gasteiger partial charge in [-0.2, -0.15) is 9.78 Å². The third-order valence-electron chi connectivity index (χ3n) is 5.41. The highest BCUT2D eigenvalue weighted by atomic mass is 16.5. The lowest BCUT2D eigenvalue weighted by Gasteiger charge is -2.11. The molecule has 168 valence electrons. The average molecular weight is 451 g/mol. The number of rotatable bonds is 5. The van der Waals surface area contributed by atoms with Crippen LogP contribution >= 0.6 is 0 Å². The topological polar surface area (TPSA) is 91.0 Å². The first-order valence-electron chi connectivity index (χ1n) is 10.7. The van der Waals surface area contributed by atoms with Crippen molar-refractivity contribution in [2.75, 3.05) is 5.32 Å². The number of aryl methyl sites for hydroxylation is 2. The maximum absolute atomic E-state index is 12.9. The van der Waals surface area contributed by atoms with Gasteiger partial charge >= 0.3 is 0 Å². The van der Waals surface area contributed by atoms with Crippen LogP contribution in [0.2, 0.25) is 0 Å². The number of para-hydroxylation sites is 1. The molecule has 0 atom stereocenters. The summed E-state index contributed by atoms with van der Waals surface area (Å²) in [6.07, 6.45) is 3.64. The molecule has 5 aromatic rings. The molecule has 1 amide bonds. The van der Waals surface area contributed by atoms with Crippen molar-refractivity contribution in [1.29, 1.82) is 0 Å². The van der Waals surface area contributed by atoms with E-state index in [2.05, 4.69) is 15.4 Å². The number of hydrogen-bond donors (Lipinski definition) is 1. The molecule has 0 fully saturated rings. The number of amides is 1. The molecule has 0 aliphatic rings. The minimum Gasteiger partial charge on any atom is -0.457 e. The van der Waals surface area contributed by atoms with Gasteiger partial charge in [-0.3, -0.25) is 9.59 Å². The van der Waals surface area contributed by atoms with E-state index >= 15 is 0 Å². The second-order valence-electron chi connectivity index (χ2n) is 7.82. The van der Waals surface area contributed by atoms with Crippen molar-refractivity contribution in [1.82, 2.24) is 19.3 Å². The molecule has 2 aromatic carbocycles. The molecular formula is C26H21N5O3. The lowest BCUT2D eigenvalue weighted by molar-refractivity contribution is 0.102. The van der Waals surface area contributed by atoms with Crippen molar-refractivity contribution in [2.45, 2.75) is 6.92 Å². The molecule has 0 bridgehead atoms. The monoisotopic (exact) mass is 451 g/mol. The highest BCUT2D eigenvalue weighted by molar-refractivity contribution is 6.03. The Bertz CT molecular complexity index is 1550. The predicted molar refractivity (Wildman–Crippen MR) is 130 cm³/mol. The molecule has 34 heavy (non-hydrogen) atoms. The lowest BCUT2D eigenvalue weighted by atomic mass is 10.2. The van der Waals surface area contributed by atoms with Crippen LogP contribution in [0.1, 0.15) is 16.1 Å². The lowest BCUT2D eigenvalue weighted by Crippen LogP contribution is -2.26. The van der Waals surface area contributed by atoms with Gasteiger partial charge in [-0.15, -0.1) is 0 Å². The molecule has 8 nitrogen and oxygen atoms in total. The number of anilines is 1. The molecule has 0 aliphatic heterocycles. The van der Waals surface area contributed by atoms with Crippen molar-refractivity contribution in [3.05, 3.63) is 107 Å². The van der Waals surface area contributed by atoms with E-state index in [-0.39, 0.29) is 11.3 Å². The van der Waals surface area contributed by atoms with Gasteiger partial charge < -0.3 is 14.6 Å². The zero-order valence-corrected chi connectivity index (χ0v) is 18.6. The zero-order valence-electron chi connectivity index (χ0n) is 18.6. The van der Waals surface area contributed by atoms with E-state index in [9.17, 15) is 9.59 Å². The molecule has 5 rings (SSSR count). The fraction of sp³-hybridized carbons (Fsp3) is 0.0769. The normalized spacial score (nSPS) is 10.9. The fourth-order valence-corrected chi connectivity index (χ4v) is 3.67. The first-order chi connectivity index (χ1) is 16.5. The quantitative estimate of drug-likeness (QED) is 0.426. The Morgan fingerprint density at radius 2 is 1.76 bits per heavy atom. The van der Waals surface area contributed by atoms with Gasteiger partial charge in [0.2, 0.25) is 0 Å². The number of benzene rings is 2. The molecule has 0 saturated heterocycles. The Hall–Kier alpha value is -4.72. The van der Waals surface area contributed by atoms with Crippen LogP contribution in [0.25, 0.3) is 16.7 Å². The second-order valence-corrected chi connectivity index (χ2v) is 7.82. The summed E-state index contributed by atoms with van der Waals surface area (Å²) in [6.45, 7) is 1.69. The van der Waals surface area contributed by atoms with Crippen LogP contribution < -0.4 is 15.6 Å². The van der Waals surface area contributed by atoms with E-state index in [1.807, 2.05) is 36.0 Å². The molecule has 0 spiro atoms. The number of carbonyl (C=O) groups excluding carboxylic acids is 1. The van der Waals surface area contributed by atoms with Gasteiger partial charge in [0.05, 0.1) is 11.1 Å². The first-order valence-corrected chi connectivity index (χ1v) is 10.7. The summed E-state index contributed by atoms with van der Waals surface area (Å²) in [5, 5.41) is 8.05. The Labute approximate surface area is 195 Å². The van der Waals surface area contributed by atoms with E-state index in [0.717, 1.165) is 11.0 Å². The second kappa shape index (κ2) is 8.67. The highest BCUT2D eigenvalue weighted by Crippen LogP contribution is 2.29. The van der Waals surface area contributed by atoms with Crippen LogP contribution in [0, 0.1) is 6.92 Å². The molecule has 8 heteroatoms. The summed E-state index contributed by atoms with van der Waals surface area (Å²) < 4.78 is 9.18. The van der Waals surface area contributed by atoms with Crippen LogP contribution in [0.3, 0.4) is 0 Å². The fourth-order valence-electron chi connectivity index (χ4n) is 3.67. The Balaban J connectivity index is 1.35. The Kier molecular flexibility index (Phi) is 5.39. The molecule has 0 saturated carbocycles. The largest absolute Gasteiger partial charge is 0.457 e. The number of ether oxygens (including phenoxy) is 1. The van der Waals surface area contributed by atoms with Crippen molar-refractivity contribution in [3.63, 3.8) is 0 Å². The van der Waals surface area contributed by atoms with Crippen LogP contribution in [0.4, 0.5) is 5.69 Å². The number of nitrogens with zero attached hydrogens (tertiary/aromatic N) is 4. The SMILES string of the molecule is Cc1cc(=O)n(-c2ccccc2)nc1C(=O)Nc1ccc(Oc2ccnc3c2ccn3C)cc1. The van der Waals surface area contributed by atoms with Gasteiger partial charge in [0.1, 0.15) is 17.1 Å². The number of nitrogens with one attached hydrogen (secondary N) is 1. The van der Waals surface area contributed by atoms with Gasteiger partial charge in [-0.25, -0.2) is 4.98 Å².